The summed E-state index contributed by atoms with van der Waals surface area (Å²) in [5.74, 6) is 0.152. The summed E-state index contributed by atoms with van der Waals surface area (Å²) in [6, 6.07) is 4.30. The van der Waals surface area contributed by atoms with Gasteiger partial charge >= 0.3 is 0 Å². The van der Waals surface area contributed by atoms with Crippen LogP contribution in [-0.2, 0) is 4.79 Å². The van der Waals surface area contributed by atoms with Crippen LogP contribution in [0.15, 0.2) is 23.2 Å². The molecule has 78 valence electrons. The van der Waals surface area contributed by atoms with Gasteiger partial charge in [-0.15, -0.1) is 0 Å². The number of benzene rings is 1. The van der Waals surface area contributed by atoms with Crippen molar-refractivity contribution >= 4 is 11.7 Å². The Morgan fingerprint density at radius 1 is 1.47 bits per heavy atom. The maximum atomic E-state index is 13.0. The molecule has 1 aliphatic rings. The highest BCUT2D eigenvalue weighted by Crippen LogP contribution is 2.12. The lowest BCUT2D eigenvalue weighted by Crippen LogP contribution is -2.27. The van der Waals surface area contributed by atoms with Gasteiger partial charge in [0.25, 0.3) is 0 Å². The molecule has 1 unspecified atom stereocenters. The molecule has 0 bridgehead atoms. The number of carbonyl (C=O) groups is 1. The first-order valence-electron chi connectivity index (χ1n) is 4.73. The Kier molecular flexibility index (Phi) is 2.26. The van der Waals surface area contributed by atoms with Crippen LogP contribution in [0.25, 0.3) is 0 Å². The summed E-state index contributed by atoms with van der Waals surface area (Å²) in [6.45, 7) is 3.40. The van der Waals surface area contributed by atoms with E-state index in [1.807, 2.05) is 0 Å². The molecular formula is C11H11FN2O. The van der Waals surface area contributed by atoms with Gasteiger partial charge in [0.05, 0.1) is 0 Å². The Hall–Kier alpha value is -1.71. The smallest absolute Gasteiger partial charge is 0.250 e. The van der Waals surface area contributed by atoms with E-state index >= 15 is 0 Å². The third-order valence-corrected chi connectivity index (χ3v) is 2.38. The number of carbonyl (C=O) groups excluding carboxylic acids is 1. The molecule has 0 spiro atoms. The van der Waals surface area contributed by atoms with Gasteiger partial charge in [-0.05, 0) is 37.6 Å². The van der Waals surface area contributed by atoms with Crippen molar-refractivity contribution in [2.75, 3.05) is 0 Å². The fourth-order valence-corrected chi connectivity index (χ4v) is 1.44. The molecule has 0 radical (unpaired) electrons. The van der Waals surface area contributed by atoms with Crippen molar-refractivity contribution in [2.24, 2.45) is 4.99 Å². The van der Waals surface area contributed by atoms with Crippen LogP contribution < -0.4 is 5.32 Å². The van der Waals surface area contributed by atoms with Crippen molar-refractivity contribution < 1.29 is 9.18 Å². The molecule has 1 heterocycles. The molecule has 0 fully saturated rings. The van der Waals surface area contributed by atoms with Gasteiger partial charge in [-0.3, -0.25) is 9.79 Å². The second-order valence-electron chi connectivity index (χ2n) is 3.61. The molecular weight excluding hydrogens is 195 g/mol. The molecule has 0 aromatic heterocycles. The van der Waals surface area contributed by atoms with Crippen LogP contribution in [-0.4, -0.2) is 17.8 Å². The highest BCUT2D eigenvalue weighted by Gasteiger charge is 2.22. The summed E-state index contributed by atoms with van der Waals surface area (Å²) in [5, 5.41) is 2.66. The zero-order valence-corrected chi connectivity index (χ0v) is 8.54. The van der Waals surface area contributed by atoms with Crippen molar-refractivity contribution in [1.82, 2.24) is 5.32 Å². The van der Waals surface area contributed by atoms with Crippen molar-refractivity contribution in [3.05, 3.63) is 35.1 Å². The Morgan fingerprint density at radius 3 is 2.73 bits per heavy atom. The minimum atomic E-state index is -0.356. The van der Waals surface area contributed by atoms with Gasteiger partial charge < -0.3 is 5.32 Å². The Morgan fingerprint density at radius 2 is 2.20 bits per heavy atom. The Labute approximate surface area is 87.0 Å². The van der Waals surface area contributed by atoms with Crippen LogP contribution in [0.4, 0.5) is 4.39 Å². The molecule has 1 aromatic rings. The van der Waals surface area contributed by atoms with Crippen LogP contribution in [0.2, 0.25) is 0 Å². The Bertz CT molecular complexity index is 454. The first kappa shape index (κ1) is 9.83. The fourth-order valence-electron chi connectivity index (χ4n) is 1.44. The average molecular weight is 206 g/mol. The molecule has 0 saturated carbocycles. The van der Waals surface area contributed by atoms with E-state index < -0.39 is 0 Å². The minimum absolute atomic E-state index is 0.119. The number of amides is 1. The number of nitrogens with one attached hydrogen (secondary N) is 1. The van der Waals surface area contributed by atoms with E-state index in [9.17, 15) is 9.18 Å². The number of halogens is 1. The van der Waals surface area contributed by atoms with E-state index in [0.717, 1.165) is 5.56 Å². The van der Waals surface area contributed by atoms with E-state index in [2.05, 4.69) is 10.3 Å². The van der Waals surface area contributed by atoms with Gasteiger partial charge in [0.1, 0.15) is 17.7 Å². The van der Waals surface area contributed by atoms with Crippen LogP contribution in [0, 0.1) is 12.7 Å². The quantitative estimate of drug-likeness (QED) is 0.741. The van der Waals surface area contributed by atoms with E-state index in [1.54, 1.807) is 26.0 Å². The molecule has 15 heavy (non-hydrogen) atoms. The van der Waals surface area contributed by atoms with E-state index in [-0.39, 0.29) is 17.8 Å². The first-order valence-corrected chi connectivity index (χ1v) is 4.73. The van der Waals surface area contributed by atoms with Crippen molar-refractivity contribution in [2.45, 2.75) is 19.9 Å². The Balaban J connectivity index is 2.35. The minimum Gasteiger partial charge on any atom is -0.309 e. The summed E-state index contributed by atoms with van der Waals surface area (Å²) in [6.07, 6.45) is 0. The fraction of sp³-hybridized carbons (Fsp3) is 0.273. The van der Waals surface area contributed by atoms with E-state index in [4.69, 9.17) is 0 Å². The number of rotatable bonds is 1. The lowest BCUT2D eigenvalue weighted by molar-refractivity contribution is -0.119. The molecule has 1 N–H and O–H groups in total. The molecule has 4 heteroatoms. The van der Waals surface area contributed by atoms with Crippen molar-refractivity contribution in [1.29, 1.82) is 0 Å². The summed E-state index contributed by atoms with van der Waals surface area (Å²) >= 11 is 0. The topological polar surface area (TPSA) is 41.5 Å². The summed E-state index contributed by atoms with van der Waals surface area (Å²) in [4.78, 5) is 15.4. The van der Waals surface area contributed by atoms with Gasteiger partial charge in [0.15, 0.2) is 0 Å². The number of hydrogen-bond donors (Lipinski definition) is 1. The zero-order chi connectivity index (χ0) is 11.0. The average Bonchev–Trinajstić information content (AvgIpc) is 2.52. The molecule has 1 amide bonds. The number of aliphatic imine (C=N–C) groups is 1. The maximum Gasteiger partial charge on any atom is 0.250 e. The predicted molar refractivity (Wildman–Crippen MR) is 55.3 cm³/mol. The molecule has 1 atom stereocenters. The van der Waals surface area contributed by atoms with Gasteiger partial charge in [-0.25, -0.2) is 4.39 Å². The molecule has 1 aromatic carbocycles. The number of amidine groups is 1. The van der Waals surface area contributed by atoms with Gasteiger partial charge in [0, 0.05) is 5.56 Å². The summed E-state index contributed by atoms with van der Waals surface area (Å²) < 4.78 is 13.0. The lowest BCUT2D eigenvalue weighted by atomic mass is 10.1. The lowest BCUT2D eigenvalue weighted by Gasteiger charge is -2.02. The van der Waals surface area contributed by atoms with Gasteiger partial charge in [-0.1, -0.05) is 0 Å². The molecule has 3 nitrogen and oxygen atoms in total. The summed E-state index contributed by atoms with van der Waals surface area (Å²) in [5.41, 5.74) is 1.29. The largest absolute Gasteiger partial charge is 0.309 e. The molecule has 2 rings (SSSR count). The number of hydrogen-bond acceptors (Lipinski definition) is 2. The SMILES string of the molecule is Cc1cc(C2=NC(C)C(=O)N2)ccc1F. The third-order valence-electron chi connectivity index (χ3n) is 2.38. The maximum absolute atomic E-state index is 13.0. The van der Waals surface area contributed by atoms with Crippen LogP contribution >= 0.6 is 0 Å². The van der Waals surface area contributed by atoms with Gasteiger partial charge in [0.2, 0.25) is 5.91 Å². The van der Waals surface area contributed by atoms with Crippen molar-refractivity contribution in [3.8, 4) is 0 Å². The number of nitrogens with zero attached hydrogens (tertiary/aromatic N) is 1. The van der Waals surface area contributed by atoms with E-state index in [1.165, 1.54) is 6.07 Å². The monoisotopic (exact) mass is 206 g/mol. The molecule has 0 saturated heterocycles. The van der Waals surface area contributed by atoms with E-state index in [0.29, 0.717) is 11.4 Å². The van der Waals surface area contributed by atoms with Crippen LogP contribution in [0.1, 0.15) is 18.1 Å². The highest BCUT2D eigenvalue weighted by atomic mass is 19.1. The normalized spacial score (nSPS) is 20.1. The molecule has 0 aliphatic carbocycles. The van der Waals surface area contributed by atoms with Crippen molar-refractivity contribution in [3.63, 3.8) is 0 Å². The van der Waals surface area contributed by atoms with Crippen LogP contribution in [0.5, 0.6) is 0 Å². The predicted octanol–water partition coefficient (Wildman–Crippen LogP) is 1.40. The second kappa shape index (κ2) is 3.46. The highest BCUT2D eigenvalue weighted by molar-refractivity contribution is 6.13. The van der Waals surface area contributed by atoms with Crippen LogP contribution in [0.3, 0.4) is 0 Å². The zero-order valence-electron chi connectivity index (χ0n) is 8.54. The third kappa shape index (κ3) is 1.75. The number of aryl methyl sites for hydroxylation is 1. The van der Waals surface area contributed by atoms with Gasteiger partial charge in [-0.2, -0.15) is 0 Å². The molecule has 1 aliphatic heterocycles. The summed E-state index contributed by atoms with van der Waals surface area (Å²) in [7, 11) is 0. The second-order valence-corrected chi connectivity index (χ2v) is 3.61. The first-order chi connectivity index (χ1) is 7.08. The standard InChI is InChI=1S/C11H11FN2O/c1-6-5-8(3-4-9(6)12)10-13-7(2)11(15)14-10/h3-5,7H,1-2H3,(H,13,14,15).